The summed E-state index contributed by atoms with van der Waals surface area (Å²) in [5, 5.41) is 0. The minimum atomic E-state index is 0.638. The zero-order chi connectivity index (χ0) is 10.1. The van der Waals surface area contributed by atoms with Crippen LogP contribution in [-0.2, 0) is 6.42 Å². The number of aromatic nitrogens is 2. The number of nitrogens with zero attached hydrogens (tertiary/aromatic N) is 2. The molecule has 0 fully saturated rings. The monoisotopic (exact) mass is 253 g/mol. The summed E-state index contributed by atoms with van der Waals surface area (Å²) in [6.07, 6.45) is 0.827. The Hall–Kier alpha value is -0.870. The van der Waals surface area contributed by atoms with Crippen LogP contribution in [0, 0.1) is 6.92 Å². The van der Waals surface area contributed by atoms with Gasteiger partial charge in [-0.3, -0.25) is 4.40 Å². The molecule has 0 saturated carbocycles. The average molecular weight is 254 g/mol. The molecule has 2 rings (SSSR count). The van der Waals surface area contributed by atoms with Gasteiger partial charge >= 0.3 is 0 Å². The van der Waals surface area contributed by atoms with Crippen LogP contribution in [0.5, 0.6) is 0 Å². The van der Waals surface area contributed by atoms with Crippen molar-refractivity contribution >= 4 is 21.4 Å². The van der Waals surface area contributed by atoms with E-state index in [1.807, 2.05) is 19.1 Å². The Bertz CT molecular complexity index is 462. The first kappa shape index (κ1) is 9.68. The lowest BCUT2D eigenvalue weighted by molar-refractivity contribution is 0.932. The van der Waals surface area contributed by atoms with E-state index in [0.717, 1.165) is 28.1 Å². The maximum Gasteiger partial charge on any atom is 0.111 e. The summed E-state index contributed by atoms with van der Waals surface area (Å²) in [6, 6.07) is 6.09. The standard InChI is InChI=1S/C10H12BrN3/c1-7-13-8(5-6-12)9-3-2-4-10(11)14(7)9/h2-4H,5-6,12H2,1H3. The van der Waals surface area contributed by atoms with Gasteiger partial charge in [0.05, 0.1) is 15.8 Å². The largest absolute Gasteiger partial charge is 0.330 e. The normalized spacial score (nSPS) is 11.1. The van der Waals surface area contributed by atoms with E-state index in [9.17, 15) is 0 Å². The first-order chi connectivity index (χ1) is 6.74. The van der Waals surface area contributed by atoms with Gasteiger partial charge in [-0.25, -0.2) is 4.98 Å². The number of hydrogen-bond donors (Lipinski definition) is 1. The number of rotatable bonds is 2. The number of aryl methyl sites for hydroxylation is 1. The van der Waals surface area contributed by atoms with Crippen molar-refractivity contribution in [2.24, 2.45) is 5.73 Å². The lowest BCUT2D eigenvalue weighted by Crippen LogP contribution is -2.03. The summed E-state index contributed by atoms with van der Waals surface area (Å²) >= 11 is 3.50. The van der Waals surface area contributed by atoms with Gasteiger partial charge in [0.1, 0.15) is 5.82 Å². The number of fused-ring (bicyclic) bond motifs is 1. The summed E-state index contributed by atoms with van der Waals surface area (Å²) in [6.45, 7) is 2.64. The highest BCUT2D eigenvalue weighted by molar-refractivity contribution is 9.10. The second-order valence-corrected chi connectivity index (χ2v) is 4.03. The van der Waals surface area contributed by atoms with Crippen molar-refractivity contribution in [3.8, 4) is 0 Å². The molecule has 74 valence electrons. The molecule has 0 spiro atoms. The van der Waals surface area contributed by atoms with E-state index in [2.05, 4.69) is 31.4 Å². The third kappa shape index (κ3) is 1.44. The highest BCUT2D eigenvalue weighted by Gasteiger charge is 2.08. The molecule has 0 radical (unpaired) electrons. The van der Waals surface area contributed by atoms with Crippen LogP contribution in [-0.4, -0.2) is 15.9 Å². The second-order valence-electron chi connectivity index (χ2n) is 3.21. The molecular weight excluding hydrogens is 242 g/mol. The molecule has 0 aliphatic heterocycles. The van der Waals surface area contributed by atoms with Crippen LogP contribution in [0.1, 0.15) is 11.5 Å². The molecular formula is C10H12BrN3. The fourth-order valence-corrected chi connectivity index (χ4v) is 2.26. The molecule has 0 bridgehead atoms. The maximum absolute atomic E-state index is 5.54. The third-order valence-electron chi connectivity index (χ3n) is 2.24. The molecule has 0 aromatic carbocycles. The van der Waals surface area contributed by atoms with Crippen molar-refractivity contribution in [3.05, 3.63) is 34.3 Å². The van der Waals surface area contributed by atoms with E-state index in [-0.39, 0.29) is 0 Å². The number of nitrogens with two attached hydrogens (primary N) is 1. The predicted octanol–water partition coefficient (Wildman–Crippen LogP) is 1.91. The predicted molar refractivity (Wildman–Crippen MR) is 60.4 cm³/mol. The molecule has 2 N–H and O–H groups in total. The third-order valence-corrected chi connectivity index (χ3v) is 2.86. The minimum absolute atomic E-state index is 0.638. The molecule has 2 aromatic rings. The zero-order valence-corrected chi connectivity index (χ0v) is 9.58. The van der Waals surface area contributed by atoms with Gasteiger partial charge in [-0.15, -0.1) is 0 Å². The fourth-order valence-electron chi connectivity index (χ4n) is 1.66. The van der Waals surface area contributed by atoms with Crippen LogP contribution >= 0.6 is 15.9 Å². The maximum atomic E-state index is 5.54. The summed E-state index contributed by atoms with van der Waals surface area (Å²) in [7, 11) is 0. The van der Waals surface area contributed by atoms with Gasteiger partial charge in [0, 0.05) is 6.42 Å². The highest BCUT2D eigenvalue weighted by Crippen LogP contribution is 2.19. The van der Waals surface area contributed by atoms with Crippen LogP contribution in [0.15, 0.2) is 22.8 Å². The van der Waals surface area contributed by atoms with Gasteiger partial charge in [-0.05, 0) is 41.5 Å². The van der Waals surface area contributed by atoms with Crippen molar-refractivity contribution < 1.29 is 0 Å². The number of halogens is 1. The lowest BCUT2D eigenvalue weighted by atomic mass is 10.2. The van der Waals surface area contributed by atoms with Crippen molar-refractivity contribution in [1.82, 2.24) is 9.38 Å². The van der Waals surface area contributed by atoms with E-state index >= 15 is 0 Å². The van der Waals surface area contributed by atoms with Crippen molar-refractivity contribution in [2.45, 2.75) is 13.3 Å². The first-order valence-corrected chi connectivity index (χ1v) is 5.36. The molecule has 2 aromatic heterocycles. The molecule has 3 nitrogen and oxygen atoms in total. The average Bonchev–Trinajstić information content (AvgIpc) is 2.46. The topological polar surface area (TPSA) is 43.3 Å². The van der Waals surface area contributed by atoms with Gasteiger partial charge < -0.3 is 5.73 Å². The smallest absolute Gasteiger partial charge is 0.111 e. The molecule has 2 heterocycles. The van der Waals surface area contributed by atoms with Crippen LogP contribution in [0.3, 0.4) is 0 Å². The number of imidazole rings is 1. The molecule has 14 heavy (non-hydrogen) atoms. The minimum Gasteiger partial charge on any atom is -0.330 e. The summed E-state index contributed by atoms with van der Waals surface area (Å²) in [5.41, 5.74) is 7.75. The SMILES string of the molecule is Cc1nc(CCN)c2cccc(Br)n12. The molecule has 4 heteroatoms. The molecule has 0 unspecified atom stereocenters. The Kier molecular flexibility index (Phi) is 2.56. The van der Waals surface area contributed by atoms with E-state index in [1.54, 1.807) is 0 Å². The van der Waals surface area contributed by atoms with Gasteiger partial charge in [0.15, 0.2) is 0 Å². The molecule has 0 aliphatic rings. The highest BCUT2D eigenvalue weighted by atomic mass is 79.9. The number of hydrogen-bond acceptors (Lipinski definition) is 2. The Morgan fingerprint density at radius 1 is 1.50 bits per heavy atom. The quantitative estimate of drug-likeness (QED) is 0.832. The Balaban J connectivity index is 2.71. The lowest BCUT2D eigenvalue weighted by Gasteiger charge is -1.99. The van der Waals surface area contributed by atoms with Crippen LogP contribution < -0.4 is 5.73 Å². The van der Waals surface area contributed by atoms with Crippen molar-refractivity contribution in [1.29, 1.82) is 0 Å². The van der Waals surface area contributed by atoms with Crippen LogP contribution in [0.2, 0.25) is 0 Å². The Morgan fingerprint density at radius 2 is 2.29 bits per heavy atom. The van der Waals surface area contributed by atoms with Gasteiger partial charge in [0.2, 0.25) is 0 Å². The van der Waals surface area contributed by atoms with E-state index in [0.29, 0.717) is 6.54 Å². The number of pyridine rings is 1. The Morgan fingerprint density at radius 3 is 3.00 bits per heavy atom. The van der Waals surface area contributed by atoms with E-state index in [1.165, 1.54) is 0 Å². The first-order valence-electron chi connectivity index (χ1n) is 4.56. The summed E-state index contributed by atoms with van der Waals surface area (Å²) in [5.74, 6) is 0.996. The summed E-state index contributed by atoms with van der Waals surface area (Å²) in [4.78, 5) is 4.49. The molecule has 0 saturated heterocycles. The van der Waals surface area contributed by atoms with E-state index < -0.39 is 0 Å². The fraction of sp³-hybridized carbons (Fsp3) is 0.300. The molecule has 0 aliphatic carbocycles. The van der Waals surface area contributed by atoms with Gasteiger partial charge in [-0.1, -0.05) is 6.07 Å². The van der Waals surface area contributed by atoms with Gasteiger partial charge in [-0.2, -0.15) is 0 Å². The Labute approximate surface area is 91.1 Å². The van der Waals surface area contributed by atoms with Crippen LogP contribution in [0.25, 0.3) is 5.52 Å². The second kappa shape index (κ2) is 3.71. The molecule has 0 amide bonds. The van der Waals surface area contributed by atoms with Crippen LogP contribution in [0.4, 0.5) is 0 Å². The molecule has 0 atom stereocenters. The van der Waals surface area contributed by atoms with Crippen molar-refractivity contribution in [3.63, 3.8) is 0 Å². The van der Waals surface area contributed by atoms with Crippen molar-refractivity contribution in [2.75, 3.05) is 6.54 Å². The van der Waals surface area contributed by atoms with E-state index in [4.69, 9.17) is 5.73 Å². The summed E-state index contributed by atoms with van der Waals surface area (Å²) < 4.78 is 3.12. The zero-order valence-electron chi connectivity index (χ0n) is 8.00. The van der Waals surface area contributed by atoms with Gasteiger partial charge in [0.25, 0.3) is 0 Å².